The van der Waals surface area contributed by atoms with E-state index < -0.39 is 0 Å². The summed E-state index contributed by atoms with van der Waals surface area (Å²) in [6.07, 6.45) is 6.35. The summed E-state index contributed by atoms with van der Waals surface area (Å²) in [5.41, 5.74) is 5.86. The number of hydrogen-bond acceptors (Lipinski definition) is 4. The largest absolute Gasteiger partial charge is 0.367 e. The summed E-state index contributed by atoms with van der Waals surface area (Å²) in [7, 11) is 0. The zero-order valence-electron chi connectivity index (χ0n) is 7.92. The first-order valence-electron chi connectivity index (χ1n) is 4.86. The molecule has 0 saturated heterocycles. The molecular weight excluding hydrogens is 182 g/mol. The molecule has 0 bridgehead atoms. The molecule has 0 radical (unpaired) electrons. The van der Waals surface area contributed by atoms with Crippen LogP contribution in [-0.2, 0) is 5.41 Å². The van der Waals surface area contributed by atoms with Crippen LogP contribution in [-0.4, -0.2) is 9.36 Å². The van der Waals surface area contributed by atoms with Gasteiger partial charge in [-0.15, -0.1) is 0 Å². The van der Waals surface area contributed by atoms with Gasteiger partial charge in [-0.3, -0.25) is 0 Å². The normalized spacial score (nSPS) is 20.7. The Morgan fingerprint density at radius 1 is 1.46 bits per heavy atom. The summed E-state index contributed by atoms with van der Waals surface area (Å²) < 4.78 is 4.06. The fraction of sp³-hybridized carbons (Fsp3) is 0.778. The van der Waals surface area contributed by atoms with Crippen molar-refractivity contribution in [3.05, 3.63) is 5.01 Å². The minimum atomic E-state index is 0.315. The second-order valence-corrected chi connectivity index (χ2v) is 4.55. The number of nitrogens with zero attached hydrogens (tertiary/aromatic N) is 2. The van der Waals surface area contributed by atoms with Crippen molar-refractivity contribution in [2.24, 2.45) is 0 Å². The molecule has 72 valence electrons. The highest BCUT2D eigenvalue weighted by atomic mass is 32.1. The lowest BCUT2D eigenvalue weighted by molar-refractivity contribution is 0.423. The molecule has 0 aliphatic heterocycles. The van der Waals surface area contributed by atoms with Crippen LogP contribution in [0.2, 0.25) is 0 Å². The minimum absolute atomic E-state index is 0.315. The Kier molecular flexibility index (Phi) is 2.24. The van der Waals surface area contributed by atoms with Crippen LogP contribution in [0.25, 0.3) is 0 Å². The van der Waals surface area contributed by atoms with Crippen LogP contribution in [0.1, 0.15) is 44.0 Å². The van der Waals surface area contributed by atoms with E-state index in [0.717, 1.165) is 5.01 Å². The predicted octanol–water partition coefficient (Wildman–Crippen LogP) is 2.34. The van der Waals surface area contributed by atoms with Gasteiger partial charge in [0.2, 0.25) is 5.95 Å². The first-order valence-corrected chi connectivity index (χ1v) is 5.64. The Morgan fingerprint density at radius 2 is 2.15 bits per heavy atom. The summed E-state index contributed by atoms with van der Waals surface area (Å²) in [6, 6.07) is 0. The minimum Gasteiger partial charge on any atom is -0.367 e. The van der Waals surface area contributed by atoms with Gasteiger partial charge in [0.1, 0.15) is 5.01 Å². The smallest absolute Gasteiger partial charge is 0.232 e. The van der Waals surface area contributed by atoms with Crippen LogP contribution < -0.4 is 5.73 Å². The maximum Gasteiger partial charge on any atom is 0.232 e. The number of aromatic nitrogens is 2. The highest BCUT2D eigenvalue weighted by Crippen LogP contribution is 2.44. The van der Waals surface area contributed by atoms with E-state index in [2.05, 4.69) is 16.3 Å². The highest BCUT2D eigenvalue weighted by Gasteiger charge is 2.36. The third kappa shape index (κ3) is 1.43. The molecular formula is C9H15N3S. The number of anilines is 1. The standard InChI is InChI=1S/C9H15N3S/c1-2-9(5-3-4-6-9)7-11-8(10)12-13-7/h2-6H2,1H3,(H2,10,12). The van der Waals surface area contributed by atoms with Crippen molar-refractivity contribution in [1.82, 2.24) is 9.36 Å². The maximum atomic E-state index is 5.55. The van der Waals surface area contributed by atoms with Crippen LogP contribution >= 0.6 is 11.5 Å². The van der Waals surface area contributed by atoms with Gasteiger partial charge in [0.15, 0.2) is 0 Å². The van der Waals surface area contributed by atoms with E-state index in [9.17, 15) is 0 Å². The molecule has 0 unspecified atom stereocenters. The quantitative estimate of drug-likeness (QED) is 0.791. The van der Waals surface area contributed by atoms with E-state index in [1.807, 2.05) is 0 Å². The Bertz CT molecular complexity index is 289. The first kappa shape index (κ1) is 8.94. The second-order valence-electron chi connectivity index (χ2n) is 3.80. The number of rotatable bonds is 2. The number of nitrogens with two attached hydrogens (primary N) is 1. The van der Waals surface area contributed by atoms with Crippen molar-refractivity contribution in [2.75, 3.05) is 5.73 Å². The molecule has 1 aliphatic carbocycles. The molecule has 2 rings (SSSR count). The molecule has 0 amide bonds. The SMILES string of the molecule is CCC1(c2nc(N)ns2)CCCC1. The molecule has 0 aromatic carbocycles. The molecule has 1 aromatic rings. The zero-order chi connectivity index (χ0) is 9.31. The van der Waals surface area contributed by atoms with Crippen molar-refractivity contribution in [1.29, 1.82) is 0 Å². The van der Waals surface area contributed by atoms with E-state index in [1.54, 1.807) is 0 Å². The Labute approximate surface area is 82.5 Å². The molecule has 2 N–H and O–H groups in total. The third-order valence-electron chi connectivity index (χ3n) is 3.13. The fourth-order valence-electron chi connectivity index (χ4n) is 2.22. The van der Waals surface area contributed by atoms with Gasteiger partial charge in [0, 0.05) is 5.41 Å². The third-order valence-corrected chi connectivity index (χ3v) is 4.11. The Morgan fingerprint density at radius 3 is 2.62 bits per heavy atom. The Hall–Kier alpha value is -0.640. The van der Waals surface area contributed by atoms with Gasteiger partial charge in [0.05, 0.1) is 0 Å². The monoisotopic (exact) mass is 197 g/mol. The Balaban J connectivity index is 2.30. The first-order chi connectivity index (χ1) is 6.27. The predicted molar refractivity (Wildman–Crippen MR) is 54.8 cm³/mol. The fourth-order valence-corrected chi connectivity index (χ4v) is 3.12. The van der Waals surface area contributed by atoms with Gasteiger partial charge in [-0.05, 0) is 30.8 Å². The van der Waals surface area contributed by atoms with E-state index in [1.165, 1.54) is 43.6 Å². The van der Waals surface area contributed by atoms with Crippen molar-refractivity contribution in [3.8, 4) is 0 Å². The number of hydrogen-bond donors (Lipinski definition) is 1. The van der Waals surface area contributed by atoms with Gasteiger partial charge >= 0.3 is 0 Å². The van der Waals surface area contributed by atoms with Crippen molar-refractivity contribution < 1.29 is 0 Å². The van der Waals surface area contributed by atoms with Gasteiger partial charge in [-0.2, -0.15) is 4.37 Å². The van der Waals surface area contributed by atoms with E-state index in [-0.39, 0.29) is 0 Å². The van der Waals surface area contributed by atoms with Crippen LogP contribution in [0.4, 0.5) is 5.95 Å². The topological polar surface area (TPSA) is 51.8 Å². The second kappa shape index (κ2) is 3.25. The van der Waals surface area contributed by atoms with Gasteiger partial charge in [-0.25, -0.2) is 4.98 Å². The lowest BCUT2D eigenvalue weighted by atomic mass is 9.84. The van der Waals surface area contributed by atoms with Crippen molar-refractivity contribution in [3.63, 3.8) is 0 Å². The molecule has 3 nitrogen and oxygen atoms in total. The lowest BCUT2D eigenvalue weighted by Crippen LogP contribution is -2.20. The average molecular weight is 197 g/mol. The zero-order valence-corrected chi connectivity index (χ0v) is 8.73. The highest BCUT2D eigenvalue weighted by molar-refractivity contribution is 7.05. The maximum absolute atomic E-state index is 5.55. The van der Waals surface area contributed by atoms with Crippen LogP contribution in [0.5, 0.6) is 0 Å². The van der Waals surface area contributed by atoms with Crippen molar-refractivity contribution >= 4 is 17.5 Å². The summed E-state index contributed by atoms with van der Waals surface area (Å²) >= 11 is 1.48. The van der Waals surface area contributed by atoms with Gasteiger partial charge < -0.3 is 5.73 Å². The molecule has 1 aromatic heterocycles. The summed E-state index contributed by atoms with van der Waals surface area (Å²) in [4.78, 5) is 4.32. The molecule has 0 spiro atoms. The van der Waals surface area contributed by atoms with Crippen molar-refractivity contribution in [2.45, 2.75) is 44.4 Å². The number of nitrogen functional groups attached to an aromatic ring is 1. The van der Waals surface area contributed by atoms with Gasteiger partial charge in [-0.1, -0.05) is 19.8 Å². The van der Waals surface area contributed by atoms with E-state index >= 15 is 0 Å². The van der Waals surface area contributed by atoms with Crippen LogP contribution in [0.15, 0.2) is 0 Å². The summed E-state index contributed by atoms with van der Waals surface area (Å²) in [6.45, 7) is 2.24. The average Bonchev–Trinajstić information content (AvgIpc) is 2.73. The molecule has 1 aliphatic rings. The molecule has 4 heteroatoms. The molecule has 1 fully saturated rings. The van der Waals surface area contributed by atoms with Crippen LogP contribution in [0, 0.1) is 0 Å². The van der Waals surface area contributed by atoms with Gasteiger partial charge in [0.25, 0.3) is 0 Å². The molecule has 1 saturated carbocycles. The summed E-state index contributed by atoms with van der Waals surface area (Å²) in [5, 5.41) is 1.16. The molecule has 1 heterocycles. The summed E-state index contributed by atoms with van der Waals surface area (Å²) in [5.74, 6) is 0.444. The van der Waals surface area contributed by atoms with E-state index in [4.69, 9.17) is 5.73 Å². The lowest BCUT2D eigenvalue weighted by Gasteiger charge is -2.23. The van der Waals surface area contributed by atoms with E-state index in [0.29, 0.717) is 11.4 Å². The van der Waals surface area contributed by atoms with Crippen LogP contribution in [0.3, 0.4) is 0 Å². The molecule has 13 heavy (non-hydrogen) atoms. The molecule has 0 atom stereocenters.